The highest BCUT2D eigenvalue weighted by Gasteiger charge is 2.23. The first-order valence-corrected chi connectivity index (χ1v) is 7.84. The molecule has 2 aromatic heterocycles. The van der Waals surface area contributed by atoms with Crippen LogP contribution < -0.4 is 14.5 Å². The average Bonchev–Trinajstić information content (AvgIpc) is 3.00. The molecule has 0 bridgehead atoms. The fraction of sp³-hybridized carbons (Fsp3) is 0.188. The van der Waals surface area contributed by atoms with Gasteiger partial charge in [-0.15, -0.1) is 4.37 Å². The van der Waals surface area contributed by atoms with Gasteiger partial charge >= 0.3 is 5.97 Å². The van der Waals surface area contributed by atoms with E-state index in [2.05, 4.69) is 9.36 Å². The highest BCUT2D eigenvalue weighted by atomic mass is 32.1. The highest BCUT2D eigenvalue weighted by Crippen LogP contribution is 2.26. The Morgan fingerprint density at radius 1 is 1.30 bits per heavy atom. The molecule has 3 aromatic rings. The SMILES string of the molecule is CCOC(=O)c1c[nH]c2s[nH+]c(-c3ccc(OC)cc3)c2c1=O. The van der Waals surface area contributed by atoms with Gasteiger partial charge in [-0.25, -0.2) is 4.79 Å². The molecule has 0 aliphatic carbocycles. The molecule has 23 heavy (non-hydrogen) atoms. The van der Waals surface area contributed by atoms with Crippen LogP contribution in [0.5, 0.6) is 5.75 Å². The summed E-state index contributed by atoms with van der Waals surface area (Å²) in [4.78, 5) is 28.2. The largest absolute Gasteiger partial charge is 0.497 e. The second-order valence-corrected chi connectivity index (χ2v) is 5.58. The molecule has 0 amide bonds. The quantitative estimate of drug-likeness (QED) is 0.743. The van der Waals surface area contributed by atoms with Gasteiger partial charge in [0.15, 0.2) is 16.4 Å². The lowest BCUT2D eigenvalue weighted by molar-refractivity contribution is -0.274. The molecule has 3 rings (SSSR count). The zero-order valence-corrected chi connectivity index (χ0v) is 13.5. The number of hydrogen-bond acceptors (Lipinski definition) is 5. The topological polar surface area (TPSA) is 82.5 Å². The number of nitrogens with one attached hydrogen (secondary N) is 2. The van der Waals surface area contributed by atoms with Crippen LogP contribution in [0.3, 0.4) is 0 Å². The third-order valence-electron chi connectivity index (χ3n) is 3.43. The van der Waals surface area contributed by atoms with Gasteiger partial charge < -0.3 is 14.5 Å². The summed E-state index contributed by atoms with van der Waals surface area (Å²) in [5.41, 5.74) is 1.16. The van der Waals surface area contributed by atoms with E-state index in [1.165, 1.54) is 17.7 Å². The maximum atomic E-state index is 12.7. The van der Waals surface area contributed by atoms with E-state index >= 15 is 0 Å². The summed E-state index contributed by atoms with van der Waals surface area (Å²) in [6.45, 7) is 1.92. The second-order valence-electron chi connectivity index (χ2n) is 4.76. The van der Waals surface area contributed by atoms with Gasteiger partial charge in [0.25, 0.3) is 0 Å². The molecule has 0 fully saturated rings. The fourth-order valence-electron chi connectivity index (χ4n) is 2.30. The van der Waals surface area contributed by atoms with Crippen LogP contribution >= 0.6 is 11.5 Å². The van der Waals surface area contributed by atoms with Gasteiger partial charge in [0.2, 0.25) is 11.1 Å². The maximum absolute atomic E-state index is 12.7. The van der Waals surface area contributed by atoms with E-state index in [4.69, 9.17) is 9.47 Å². The Balaban J connectivity index is 2.16. The second kappa shape index (κ2) is 6.21. The Morgan fingerprint density at radius 2 is 2.04 bits per heavy atom. The van der Waals surface area contributed by atoms with Crippen LogP contribution in [-0.2, 0) is 4.74 Å². The van der Waals surface area contributed by atoms with Gasteiger partial charge in [0, 0.05) is 11.8 Å². The average molecular weight is 331 g/mol. The van der Waals surface area contributed by atoms with Crippen LogP contribution in [0.25, 0.3) is 21.5 Å². The van der Waals surface area contributed by atoms with Gasteiger partial charge in [0.05, 0.1) is 13.7 Å². The van der Waals surface area contributed by atoms with E-state index in [1.54, 1.807) is 14.0 Å². The van der Waals surface area contributed by atoms with E-state index in [-0.39, 0.29) is 17.6 Å². The third kappa shape index (κ3) is 2.70. The molecular weight excluding hydrogens is 316 g/mol. The molecule has 118 valence electrons. The van der Waals surface area contributed by atoms with Crippen molar-refractivity contribution in [2.75, 3.05) is 13.7 Å². The monoisotopic (exact) mass is 331 g/mol. The molecule has 1 aromatic carbocycles. The molecule has 0 radical (unpaired) electrons. The van der Waals surface area contributed by atoms with Crippen molar-refractivity contribution in [1.82, 2.24) is 4.98 Å². The maximum Gasteiger partial charge on any atom is 0.343 e. The van der Waals surface area contributed by atoms with Crippen LogP contribution in [0.15, 0.2) is 35.3 Å². The van der Waals surface area contributed by atoms with Gasteiger partial charge in [-0.3, -0.25) is 4.79 Å². The van der Waals surface area contributed by atoms with E-state index in [1.807, 2.05) is 24.3 Å². The summed E-state index contributed by atoms with van der Waals surface area (Å²) in [7, 11) is 1.59. The highest BCUT2D eigenvalue weighted by molar-refractivity contribution is 7.09. The summed E-state index contributed by atoms with van der Waals surface area (Å²) in [5.74, 6) is 0.108. The molecule has 0 aliphatic rings. The van der Waals surface area contributed by atoms with Crippen molar-refractivity contribution in [3.8, 4) is 17.0 Å². The lowest BCUT2D eigenvalue weighted by atomic mass is 10.1. The third-order valence-corrected chi connectivity index (χ3v) is 4.26. The summed E-state index contributed by atoms with van der Waals surface area (Å²) >= 11 is 1.30. The van der Waals surface area contributed by atoms with E-state index in [9.17, 15) is 9.59 Å². The number of fused-ring (bicyclic) bond motifs is 1. The van der Waals surface area contributed by atoms with Crippen molar-refractivity contribution in [3.63, 3.8) is 0 Å². The number of esters is 1. The number of aromatic nitrogens is 2. The first-order valence-electron chi connectivity index (χ1n) is 7.03. The summed E-state index contributed by atoms with van der Waals surface area (Å²) in [5, 5.41) is 0.450. The zero-order valence-electron chi connectivity index (χ0n) is 12.6. The molecule has 0 saturated carbocycles. The van der Waals surface area contributed by atoms with Crippen LogP contribution in [0.4, 0.5) is 0 Å². The Bertz CT molecular complexity index is 912. The van der Waals surface area contributed by atoms with Gasteiger partial charge in [0.1, 0.15) is 16.7 Å². The van der Waals surface area contributed by atoms with Crippen molar-refractivity contribution < 1.29 is 18.6 Å². The lowest BCUT2D eigenvalue weighted by Gasteiger charge is -2.01. The van der Waals surface area contributed by atoms with E-state index in [0.29, 0.717) is 15.9 Å². The fourth-order valence-corrected chi connectivity index (χ4v) is 3.13. The summed E-state index contributed by atoms with van der Waals surface area (Å²) in [6.07, 6.45) is 1.39. The van der Waals surface area contributed by atoms with Gasteiger partial charge in [-0.2, -0.15) is 0 Å². The molecule has 0 unspecified atom stereocenters. The molecule has 7 heteroatoms. The molecule has 0 saturated heterocycles. The smallest absolute Gasteiger partial charge is 0.343 e. The molecule has 0 aliphatic heterocycles. The number of ether oxygens (including phenoxy) is 2. The number of carbonyl (C=O) groups is 1. The number of benzene rings is 1. The van der Waals surface area contributed by atoms with Crippen molar-refractivity contribution >= 4 is 27.7 Å². The molecular formula is C16H15N2O4S+. The number of H-pyrrole nitrogens is 2. The van der Waals surface area contributed by atoms with Crippen molar-refractivity contribution in [1.29, 1.82) is 0 Å². The van der Waals surface area contributed by atoms with Crippen LogP contribution in [0.2, 0.25) is 0 Å². The Kier molecular flexibility index (Phi) is 4.12. The number of hydrogen-bond donors (Lipinski definition) is 1. The van der Waals surface area contributed by atoms with Crippen molar-refractivity contribution in [3.05, 3.63) is 46.2 Å². The number of pyridine rings is 1. The Hall–Kier alpha value is -2.67. The van der Waals surface area contributed by atoms with Crippen molar-refractivity contribution in [2.24, 2.45) is 0 Å². The molecule has 6 nitrogen and oxygen atoms in total. The molecule has 0 spiro atoms. The van der Waals surface area contributed by atoms with Crippen molar-refractivity contribution in [2.45, 2.75) is 6.92 Å². The Labute approximate surface area is 135 Å². The number of rotatable bonds is 4. The van der Waals surface area contributed by atoms with E-state index in [0.717, 1.165) is 11.3 Å². The minimum absolute atomic E-state index is 0.000844. The predicted octanol–water partition coefficient (Wildman–Crippen LogP) is 2.26. The van der Waals surface area contributed by atoms with Gasteiger partial charge in [-0.05, 0) is 31.2 Å². The van der Waals surface area contributed by atoms with E-state index < -0.39 is 5.97 Å². The summed E-state index contributed by atoms with van der Waals surface area (Å²) < 4.78 is 13.2. The Morgan fingerprint density at radius 3 is 2.70 bits per heavy atom. The number of carbonyl (C=O) groups excluding carboxylic acids is 1. The molecule has 0 atom stereocenters. The van der Waals surface area contributed by atoms with Crippen LogP contribution in [0, 0.1) is 0 Å². The predicted molar refractivity (Wildman–Crippen MR) is 86.9 cm³/mol. The van der Waals surface area contributed by atoms with Gasteiger partial charge in [-0.1, -0.05) is 0 Å². The van der Waals surface area contributed by atoms with Crippen LogP contribution in [0.1, 0.15) is 17.3 Å². The summed E-state index contributed by atoms with van der Waals surface area (Å²) in [6, 6.07) is 7.34. The number of aromatic amines is 2. The standard InChI is InChI=1S/C16H14N2O4S/c1-3-22-16(20)11-8-17-15-12(14(11)19)13(18-23-15)9-4-6-10(21-2)7-5-9/h4-8H,3H2,1-2H3,(H,17,19)/p+1. The molecule has 2 heterocycles. The lowest BCUT2D eigenvalue weighted by Crippen LogP contribution is -2.18. The minimum Gasteiger partial charge on any atom is -0.497 e. The number of methoxy groups -OCH3 is 1. The minimum atomic E-state index is -0.623. The first kappa shape index (κ1) is 15.2. The molecule has 2 N–H and O–H groups in total. The zero-order chi connectivity index (χ0) is 16.4. The van der Waals surface area contributed by atoms with Crippen LogP contribution in [-0.4, -0.2) is 24.7 Å². The normalized spacial score (nSPS) is 10.7. The first-order chi connectivity index (χ1) is 11.2.